The molecule has 0 bridgehead atoms. The molecule has 0 saturated heterocycles. The van der Waals surface area contributed by atoms with Gasteiger partial charge in [0, 0.05) is 52.5 Å². The first kappa shape index (κ1) is 19.3. The van der Waals surface area contributed by atoms with E-state index in [2.05, 4.69) is 20.7 Å². The molecule has 6 rings (SSSR count). The Morgan fingerprint density at radius 2 is 1.97 bits per heavy atom. The van der Waals surface area contributed by atoms with Gasteiger partial charge in [0.25, 0.3) is 5.56 Å². The lowest BCUT2D eigenvalue weighted by molar-refractivity contribution is 0.713. The van der Waals surface area contributed by atoms with Crippen molar-refractivity contribution in [2.75, 3.05) is 0 Å². The van der Waals surface area contributed by atoms with Crippen LogP contribution in [0.4, 0.5) is 0 Å². The number of H-pyrrole nitrogens is 1. The van der Waals surface area contributed by atoms with Gasteiger partial charge in [-0.3, -0.25) is 14.8 Å². The third-order valence-electron chi connectivity index (χ3n) is 6.47. The fraction of sp³-hybridized carbons (Fsp3) is 0.240. The number of aromatic amines is 1. The molecule has 0 unspecified atom stereocenters. The van der Waals surface area contributed by atoms with Crippen molar-refractivity contribution in [1.82, 2.24) is 19.1 Å². The summed E-state index contributed by atoms with van der Waals surface area (Å²) in [6, 6.07) is 9.67. The fourth-order valence-corrected chi connectivity index (χ4v) is 6.19. The Labute approximate surface area is 187 Å². The van der Waals surface area contributed by atoms with E-state index in [1.807, 2.05) is 43.6 Å². The number of hydrogen-bond donors (Lipinski definition) is 1. The van der Waals surface area contributed by atoms with Gasteiger partial charge in [-0.1, -0.05) is 12.5 Å². The van der Waals surface area contributed by atoms with E-state index in [0.717, 1.165) is 53.3 Å². The second-order valence-electron chi connectivity index (χ2n) is 8.44. The molecule has 0 spiro atoms. The summed E-state index contributed by atoms with van der Waals surface area (Å²) in [5, 5.41) is 1.67. The Balaban J connectivity index is 1.61. The average Bonchev–Trinajstić information content (AvgIpc) is 3.21. The summed E-state index contributed by atoms with van der Waals surface area (Å²) in [4.78, 5) is 35.8. The Kier molecular flexibility index (Phi) is 4.40. The van der Waals surface area contributed by atoms with E-state index in [1.54, 1.807) is 17.5 Å². The number of benzene rings is 1. The first-order chi connectivity index (χ1) is 15.6. The van der Waals surface area contributed by atoms with E-state index in [0.29, 0.717) is 15.9 Å². The summed E-state index contributed by atoms with van der Waals surface area (Å²) in [7, 11) is 1.99. The first-order valence-electron chi connectivity index (χ1n) is 10.9. The maximum Gasteiger partial charge on any atom is 0.334 e. The van der Waals surface area contributed by atoms with Gasteiger partial charge >= 0.3 is 5.69 Å². The summed E-state index contributed by atoms with van der Waals surface area (Å²) in [5.41, 5.74) is 4.15. The van der Waals surface area contributed by atoms with E-state index in [-0.39, 0.29) is 5.56 Å². The molecule has 0 amide bonds. The number of hydrogen-bond acceptors (Lipinski definition) is 4. The van der Waals surface area contributed by atoms with Crippen LogP contribution in [0.1, 0.15) is 29.7 Å². The standard InChI is InChI=1S/C25H22N4O2S/c1-28-14-19(15-6-5-11-26-13-15)18-12-16(9-10-20(18)28)29-24(30)22-17-7-3-2-4-8-21(17)32-23(22)27-25(29)31/h5-6,9-14H,2-4,7-8H2,1H3,(H,27,31). The molecule has 7 heteroatoms. The van der Waals surface area contributed by atoms with Crippen molar-refractivity contribution in [3.63, 3.8) is 0 Å². The number of aryl methyl sites for hydroxylation is 3. The fourth-order valence-electron chi connectivity index (χ4n) is 4.92. The minimum atomic E-state index is -0.392. The van der Waals surface area contributed by atoms with Crippen LogP contribution >= 0.6 is 11.3 Å². The lowest BCUT2D eigenvalue weighted by atomic mass is 10.1. The van der Waals surface area contributed by atoms with Crippen LogP contribution in [0.15, 0.2) is 58.5 Å². The molecule has 0 saturated carbocycles. The highest BCUT2D eigenvalue weighted by Crippen LogP contribution is 2.33. The first-order valence-corrected chi connectivity index (χ1v) is 11.7. The number of nitrogens with zero attached hydrogens (tertiary/aromatic N) is 3. The molecule has 32 heavy (non-hydrogen) atoms. The molecule has 0 radical (unpaired) electrons. The minimum absolute atomic E-state index is 0.221. The lowest BCUT2D eigenvalue weighted by Crippen LogP contribution is -2.33. The highest BCUT2D eigenvalue weighted by molar-refractivity contribution is 7.18. The Bertz CT molecular complexity index is 1600. The molecule has 4 aromatic heterocycles. The quantitative estimate of drug-likeness (QED) is 0.407. The molecule has 5 aromatic rings. The number of thiophene rings is 1. The Morgan fingerprint density at radius 3 is 2.81 bits per heavy atom. The van der Waals surface area contributed by atoms with Crippen LogP contribution < -0.4 is 11.2 Å². The Morgan fingerprint density at radius 1 is 1.09 bits per heavy atom. The van der Waals surface area contributed by atoms with Crippen LogP contribution in [-0.2, 0) is 19.9 Å². The molecular formula is C25H22N4O2S. The summed E-state index contributed by atoms with van der Waals surface area (Å²) in [6.45, 7) is 0. The zero-order valence-electron chi connectivity index (χ0n) is 17.7. The zero-order chi connectivity index (χ0) is 21.8. The van der Waals surface area contributed by atoms with Crippen molar-refractivity contribution >= 4 is 32.5 Å². The molecule has 1 aliphatic rings. The molecule has 0 aliphatic heterocycles. The van der Waals surface area contributed by atoms with Gasteiger partial charge in [0.05, 0.1) is 11.1 Å². The smallest absolute Gasteiger partial charge is 0.334 e. The molecule has 1 aliphatic carbocycles. The van der Waals surface area contributed by atoms with Gasteiger partial charge in [-0.25, -0.2) is 9.36 Å². The van der Waals surface area contributed by atoms with Gasteiger partial charge in [0.15, 0.2) is 0 Å². The molecule has 1 N–H and O–H groups in total. The number of rotatable bonds is 2. The van der Waals surface area contributed by atoms with Gasteiger partial charge in [-0.05, 0) is 55.5 Å². The summed E-state index contributed by atoms with van der Waals surface area (Å²) >= 11 is 1.57. The van der Waals surface area contributed by atoms with E-state index in [1.165, 1.54) is 15.9 Å². The summed E-state index contributed by atoms with van der Waals surface area (Å²) in [5.74, 6) is 0. The van der Waals surface area contributed by atoms with Gasteiger partial charge in [-0.2, -0.15) is 0 Å². The summed E-state index contributed by atoms with van der Waals surface area (Å²) in [6.07, 6.45) is 10.9. The number of nitrogens with one attached hydrogen (secondary N) is 1. The molecular weight excluding hydrogens is 420 g/mol. The minimum Gasteiger partial charge on any atom is -0.350 e. The van der Waals surface area contributed by atoms with Gasteiger partial charge in [0.1, 0.15) is 4.83 Å². The van der Waals surface area contributed by atoms with Crippen molar-refractivity contribution in [2.24, 2.45) is 7.05 Å². The topological polar surface area (TPSA) is 72.7 Å². The van der Waals surface area contributed by atoms with Crippen LogP contribution in [0.25, 0.3) is 37.9 Å². The zero-order valence-corrected chi connectivity index (χ0v) is 18.5. The molecule has 1 aromatic carbocycles. The SMILES string of the molecule is Cn1cc(-c2cccnc2)c2cc(-n3c(=O)[nH]c4sc5c(c4c3=O)CCCCC5)ccc21. The molecule has 0 atom stereocenters. The maximum absolute atomic E-state index is 13.6. The van der Waals surface area contributed by atoms with Crippen LogP contribution in [0, 0.1) is 0 Å². The van der Waals surface area contributed by atoms with Crippen molar-refractivity contribution in [1.29, 1.82) is 0 Å². The van der Waals surface area contributed by atoms with Crippen LogP contribution in [-0.4, -0.2) is 19.1 Å². The van der Waals surface area contributed by atoms with Crippen molar-refractivity contribution < 1.29 is 0 Å². The monoisotopic (exact) mass is 442 g/mol. The molecule has 4 heterocycles. The second kappa shape index (κ2) is 7.31. The molecule has 0 fully saturated rings. The van der Waals surface area contributed by atoms with E-state index >= 15 is 0 Å². The normalized spacial score (nSPS) is 14.0. The van der Waals surface area contributed by atoms with Crippen molar-refractivity contribution in [2.45, 2.75) is 32.1 Å². The van der Waals surface area contributed by atoms with Crippen LogP contribution in [0.3, 0.4) is 0 Å². The third-order valence-corrected chi connectivity index (χ3v) is 7.67. The lowest BCUT2D eigenvalue weighted by Gasteiger charge is -2.07. The van der Waals surface area contributed by atoms with E-state index in [4.69, 9.17) is 0 Å². The van der Waals surface area contributed by atoms with Crippen molar-refractivity contribution in [3.05, 3.63) is 80.2 Å². The van der Waals surface area contributed by atoms with E-state index < -0.39 is 5.69 Å². The average molecular weight is 443 g/mol. The van der Waals surface area contributed by atoms with Crippen molar-refractivity contribution in [3.8, 4) is 16.8 Å². The van der Waals surface area contributed by atoms with Crippen LogP contribution in [0.5, 0.6) is 0 Å². The number of pyridine rings is 1. The molecule has 6 nitrogen and oxygen atoms in total. The maximum atomic E-state index is 13.6. The largest absolute Gasteiger partial charge is 0.350 e. The van der Waals surface area contributed by atoms with Gasteiger partial charge < -0.3 is 4.57 Å². The number of fused-ring (bicyclic) bond motifs is 4. The van der Waals surface area contributed by atoms with Crippen LogP contribution in [0.2, 0.25) is 0 Å². The predicted octanol–water partition coefficient (Wildman–Crippen LogP) is 4.56. The highest BCUT2D eigenvalue weighted by Gasteiger charge is 2.21. The Hall–Kier alpha value is -3.45. The summed E-state index contributed by atoms with van der Waals surface area (Å²) < 4.78 is 3.34. The van der Waals surface area contributed by atoms with Gasteiger partial charge in [0.2, 0.25) is 0 Å². The third kappa shape index (κ3) is 2.88. The predicted molar refractivity (Wildman–Crippen MR) is 129 cm³/mol. The molecule has 160 valence electrons. The second-order valence-corrected chi connectivity index (χ2v) is 9.54. The van der Waals surface area contributed by atoms with E-state index in [9.17, 15) is 9.59 Å². The highest BCUT2D eigenvalue weighted by atomic mass is 32.1. The van der Waals surface area contributed by atoms with Gasteiger partial charge in [-0.15, -0.1) is 11.3 Å². The number of aromatic nitrogens is 4.